The van der Waals surface area contributed by atoms with Crippen LogP contribution in [0, 0.1) is 18.3 Å². The van der Waals surface area contributed by atoms with Crippen molar-refractivity contribution in [2.24, 2.45) is 0 Å². The van der Waals surface area contributed by atoms with Crippen LogP contribution >= 0.6 is 0 Å². The van der Waals surface area contributed by atoms with Crippen LogP contribution in [0.5, 0.6) is 5.75 Å². The molecule has 0 aliphatic heterocycles. The van der Waals surface area contributed by atoms with Gasteiger partial charge in [-0.15, -0.1) is 0 Å². The zero-order chi connectivity index (χ0) is 14.8. The Morgan fingerprint density at radius 2 is 1.63 bits per heavy atom. The molecule has 0 amide bonds. The Labute approximate surface area is 104 Å². The average molecular weight is 283 g/mol. The van der Waals surface area contributed by atoms with Gasteiger partial charge in [0.05, 0.1) is 5.56 Å². The summed E-state index contributed by atoms with van der Waals surface area (Å²) in [7, 11) is 0. The Bertz CT molecular complexity index is 485. The number of benzene rings is 1. The number of hydrogen-bond acceptors (Lipinski definition) is 2. The topological polar surface area (TPSA) is 33.0 Å². The number of aryl methyl sites for hydroxylation is 1. The molecule has 0 unspecified atom stereocenters. The predicted molar refractivity (Wildman–Crippen MR) is 52.4 cm³/mol. The second-order valence-corrected chi connectivity index (χ2v) is 3.69. The minimum absolute atomic E-state index is 0.372. The molecule has 1 aromatic carbocycles. The van der Waals surface area contributed by atoms with Crippen LogP contribution in [0.25, 0.3) is 0 Å². The van der Waals surface area contributed by atoms with E-state index in [2.05, 4.69) is 4.74 Å². The molecule has 0 bridgehead atoms. The second-order valence-electron chi connectivity index (χ2n) is 3.69. The van der Waals surface area contributed by atoms with Crippen molar-refractivity contribution in [2.75, 3.05) is 0 Å². The van der Waals surface area contributed by atoms with E-state index in [1.807, 2.05) is 0 Å². The third-order valence-corrected chi connectivity index (χ3v) is 2.10. The number of hydrogen-bond donors (Lipinski definition) is 0. The molecule has 8 heteroatoms. The first kappa shape index (κ1) is 15.1. The van der Waals surface area contributed by atoms with E-state index >= 15 is 0 Å². The standard InChI is InChI=1S/C11H7F6NO/c1-6-2-3-7(5-18)8(4-6)19-9(10(12,13)14)11(15,16)17/h2-4,9H,1H3. The number of rotatable bonds is 2. The first-order chi connectivity index (χ1) is 8.55. The van der Waals surface area contributed by atoms with Crippen molar-refractivity contribution in [2.45, 2.75) is 25.4 Å². The minimum atomic E-state index is -5.62. The Morgan fingerprint density at radius 1 is 1.11 bits per heavy atom. The summed E-state index contributed by atoms with van der Waals surface area (Å²) in [5.41, 5.74) is -0.0267. The van der Waals surface area contributed by atoms with Crippen molar-refractivity contribution in [3.05, 3.63) is 29.3 Å². The van der Waals surface area contributed by atoms with E-state index in [-0.39, 0.29) is 0 Å². The molecule has 0 aliphatic carbocycles. The zero-order valence-electron chi connectivity index (χ0n) is 9.43. The molecular weight excluding hydrogens is 276 g/mol. The van der Waals surface area contributed by atoms with Gasteiger partial charge in [-0.1, -0.05) is 6.07 Å². The highest BCUT2D eigenvalue weighted by molar-refractivity contribution is 5.45. The predicted octanol–water partition coefficient (Wildman–Crippen LogP) is 3.74. The summed E-state index contributed by atoms with van der Waals surface area (Å²) >= 11 is 0. The lowest BCUT2D eigenvalue weighted by molar-refractivity contribution is -0.299. The normalized spacial score (nSPS) is 12.4. The molecule has 0 spiro atoms. The maximum Gasteiger partial charge on any atom is 0.434 e. The largest absolute Gasteiger partial charge is 0.470 e. The summed E-state index contributed by atoms with van der Waals surface area (Å²) in [6, 6.07) is 4.89. The molecular formula is C11H7F6NO. The molecule has 2 nitrogen and oxygen atoms in total. The number of halogens is 6. The fourth-order valence-corrected chi connectivity index (χ4v) is 1.27. The van der Waals surface area contributed by atoms with Crippen molar-refractivity contribution < 1.29 is 31.1 Å². The first-order valence-corrected chi connectivity index (χ1v) is 4.86. The van der Waals surface area contributed by atoms with Gasteiger partial charge in [0.15, 0.2) is 0 Å². The van der Waals surface area contributed by atoms with Gasteiger partial charge in [0.2, 0.25) is 0 Å². The smallest absolute Gasteiger partial charge is 0.434 e. The highest BCUT2D eigenvalue weighted by Gasteiger charge is 2.59. The quantitative estimate of drug-likeness (QED) is 0.775. The highest BCUT2D eigenvalue weighted by Crippen LogP contribution is 2.37. The molecule has 0 fully saturated rings. The van der Waals surface area contributed by atoms with Crippen molar-refractivity contribution in [1.29, 1.82) is 5.26 Å². The van der Waals surface area contributed by atoms with Gasteiger partial charge in [0.1, 0.15) is 11.8 Å². The molecule has 0 saturated carbocycles. The summed E-state index contributed by atoms with van der Waals surface area (Å²) in [5, 5.41) is 8.64. The lowest BCUT2D eigenvalue weighted by atomic mass is 10.1. The molecule has 0 atom stereocenters. The number of nitrogens with zero attached hydrogens (tertiary/aromatic N) is 1. The van der Waals surface area contributed by atoms with Gasteiger partial charge < -0.3 is 4.74 Å². The van der Waals surface area contributed by atoms with Gasteiger partial charge in [-0.25, -0.2) is 0 Å². The maximum atomic E-state index is 12.3. The molecule has 1 aromatic rings. The molecule has 0 saturated heterocycles. The maximum absolute atomic E-state index is 12.3. The van der Waals surface area contributed by atoms with E-state index in [1.54, 1.807) is 0 Å². The van der Waals surface area contributed by atoms with Crippen LogP contribution in [0.2, 0.25) is 0 Å². The Morgan fingerprint density at radius 3 is 2.05 bits per heavy atom. The fourth-order valence-electron chi connectivity index (χ4n) is 1.27. The van der Waals surface area contributed by atoms with Gasteiger partial charge in [-0.05, 0) is 24.6 Å². The van der Waals surface area contributed by atoms with Crippen LogP contribution in [-0.4, -0.2) is 18.5 Å². The van der Waals surface area contributed by atoms with Gasteiger partial charge >= 0.3 is 12.4 Å². The zero-order valence-corrected chi connectivity index (χ0v) is 9.43. The SMILES string of the molecule is Cc1ccc(C#N)c(OC(C(F)(F)F)C(F)(F)F)c1. The van der Waals surface area contributed by atoms with Crippen LogP contribution < -0.4 is 4.74 Å². The van der Waals surface area contributed by atoms with E-state index in [0.717, 1.165) is 12.1 Å². The summed E-state index contributed by atoms with van der Waals surface area (Å²) in [6.07, 6.45) is -15.2. The van der Waals surface area contributed by atoms with Crippen molar-refractivity contribution in [1.82, 2.24) is 0 Å². The number of alkyl halides is 6. The van der Waals surface area contributed by atoms with Crippen LogP contribution in [0.1, 0.15) is 11.1 Å². The Kier molecular flexibility index (Phi) is 3.98. The van der Waals surface area contributed by atoms with Crippen LogP contribution in [0.4, 0.5) is 26.3 Å². The van der Waals surface area contributed by atoms with Crippen LogP contribution in [0.3, 0.4) is 0 Å². The highest BCUT2D eigenvalue weighted by atomic mass is 19.4. The van der Waals surface area contributed by atoms with Gasteiger partial charge in [-0.3, -0.25) is 0 Å². The molecule has 0 radical (unpaired) electrons. The molecule has 0 aromatic heterocycles. The minimum Gasteiger partial charge on any atom is -0.470 e. The Hall–Kier alpha value is -1.91. The summed E-state index contributed by atoms with van der Waals surface area (Å²) in [5.74, 6) is -0.748. The number of ether oxygens (including phenoxy) is 1. The summed E-state index contributed by atoms with van der Waals surface area (Å²) < 4.78 is 77.8. The van der Waals surface area contributed by atoms with Crippen LogP contribution in [-0.2, 0) is 0 Å². The fraction of sp³-hybridized carbons (Fsp3) is 0.364. The second kappa shape index (κ2) is 4.99. The average Bonchev–Trinajstić information content (AvgIpc) is 2.23. The van der Waals surface area contributed by atoms with Crippen molar-refractivity contribution in [3.8, 4) is 11.8 Å². The molecule has 1 rings (SSSR count). The van der Waals surface area contributed by atoms with Crippen molar-refractivity contribution in [3.63, 3.8) is 0 Å². The molecule has 0 aliphatic rings. The summed E-state index contributed by atoms with van der Waals surface area (Å²) in [4.78, 5) is 0. The first-order valence-electron chi connectivity index (χ1n) is 4.86. The van der Waals surface area contributed by atoms with Crippen LogP contribution in [0.15, 0.2) is 18.2 Å². The third-order valence-electron chi connectivity index (χ3n) is 2.10. The Balaban J connectivity index is 3.18. The van der Waals surface area contributed by atoms with E-state index in [4.69, 9.17) is 5.26 Å². The van der Waals surface area contributed by atoms with E-state index in [1.165, 1.54) is 19.1 Å². The third kappa shape index (κ3) is 3.77. The van der Waals surface area contributed by atoms with Gasteiger partial charge in [0, 0.05) is 0 Å². The molecule has 19 heavy (non-hydrogen) atoms. The van der Waals surface area contributed by atoms with Gasteiger partial charge in [0.25, 0.3) is 6.10 Å². The lowest BCUT2D eigenvalue weighted by Gasteiger charge is -2.24. The summed E-state index contributed by atoms with van der Waals surface area (Å²) in [6.45, 7) is 1.45. The van der Waals surface area contributed by atoms with Gasteiger partial charge in [-0.2, -0.15) is 31.6 Å². The van der Waals surface area contributed by atoms with E-state index in [9.17, 15) is 26.3 Å². The van der Waals surface area contributed by atoms with Crippen molar-refractivity contribution >= 4 is 0 Å². The molecule has 0 N–H and O–H groups in total. The van der Waals surface area contributed by atoms with E-state index < -0.39 is 29.8 Å². The molecule has 0 heterocycles. The number of nitriles is 1. The molecule has 104 valence electrons. The van der Waals surface area contributed by atoms with E-state index in [0.29, 0.717) is 5.56 Å². The monoisotopic (exact) mass is 283 g/mol. The lowest BCUT2D eigenvalue weighted by Crippen LogP contribution is -2.46.